The molecule has 0 aromatic carbocycles. The van der Waals surface area contributed by atoms with Gasteiger partial charge in [0.2, 0.25) is 0 Å². The van der Waals surface area contributed by atoms with Gasteiger partial charge in [-0.05, 0) is 0 Å². The van der Waals surface area contributed by atoms with Gasteiger partial charge in [-0.15, -0.1) is 0 Å². The van der Waals surface area contributed by atoms with Crippen molar-refractivity contribution in [2.45, 2.75) is 0 Å². The Kier molecular flexibility index (Phi) is 6.02. The van der Waals surface area contributed by atoms with E-state index in [0.717, 1.165) is 0 Å². The van der Waals surface area contributed by atoms with E-state index in [0.29, 0.717) is 13.2 Å². The molecule has 0 aliphatic rings. The maximum atomic E-state index is 4.65. The second-order valence-corrected chi connectivity index (χ2v) is 1.08. The molecule has 0 aliphatic heterocycles. The van der Waals surface area contributed by atoms with E-state index in [9.17, 15) is 0 Å². The highest BCUT2D eigenvalue weighted by molar-refractivity contribution is 4.42. The molecule has 0 amide bonds. The van der Waals surface area contributed by atoms with Gasteiger partial charge in [0.15, 0.2) is 0 Å². The topological polar surface area (TPSA) is 27.7 Å². The lowest BCUT2D eigenvalue weighted by Crippen LogP contribution is -1.99. The van der Waals surface area contributed by atoms with E-state index in [4.69, 9.17) is 0 Å². The third-order valence-corrected chi connectivity index (χ3v) is 0.507. The lowest BCUT2D eigenvalue weighted by atomic mass is 10.8. The Hall–Kier alpha value is -0.540. The fourth-order valence-electron chi connectivity index (χ4n) is 0.214. The number of methoxy groups -OCH3 is 1. The van der Waals surface area contributed by atoms with Gasteiger partial charge in [-0.1, -0.05) is 6.58 Å². The van der Waals surface area contributed by atoms with Crippen molar-refractivity contribution in [3.63, 3.8) is 0 Å². The lowest BCUT2D eigenvalue weighted by molar-refractivity contribution is -0.253. The van der Waals surface area contributed by atoms with E-state index in [1.807, 2.05) is 0 Å². The van der Waals surface area contributed by atoms with Crippen LogP contribution in [-0.4, -0.2) is 20.3 Å². The minimum atomic E-state index is 0.433. The zero-order valence-corrected chi connectivity index (χ0v) is 4.92. The van der Waals surface area contributed by atoms with Gasteiger partial charge >= 0.3 is 0 Å². The monoisotopic (exact) mass is 118 g/mol. The summed E-state index contributed by atoms with van der Waals surface area (Å²) in [6.07, 6.45) is 1.22. The van der Waals surface area contributed by atoms with Crippen LogP contribution < -0.4 is 0 Å². The Morgan fingerprint density at radius 1 is 1.50 bits per heavy atom. The average molecular weight is 118 g/mol. The first-order chi connectivity index (χ1) is 3.91. The van der Waals surface area contributed by atoms with Gasteiger partial charge in [-0.2, -0.15) is 4.89 Å². The third-order valence-electron chi connectivity index (χ3n) is 0.507. The second-order valence-electron chi connectivity index (χ2n) is 1.08. The molecule has 3 nitrogen and oxygen atoms in total. The van der Waals surface area contributed by atoms with Crippen molar-refractivity contribution in [3.8, 4) is 0 Å². The maximum absolute atomic E-state index is 4.65. The smallest absolute Gasteiger partial charge is 0.122 e. The number of ether oxygens (including phenoxy) is 1. The number of rotatable bonds is 5. The maximum Gasteiger partial charge on any atom is 0.122 e. The summed E-state index contributed by atoms with van der Waals surface area (Å²) in [6.45, 7) is 4.24. The standard InChI is InChI=1S/C5H10O3/c1-3-7-8-5-4-6-2/h3H,1,4-5H2,2H3. The second kappa shape index (κ2) is 6.46. The highest BCUT2D eigenvalue weighted by Crippen LogP contribution is 1.76. The van der Waals surface area contributed by atoms with E-state index in [-0.39, 0.29) is 0 Å². The van der Waals surface area contributed by atoms with Crippen molar-refractivity contribution in [2.75, 3.05) is 20.3 Å². The Bertz CT molecular complexity index is 53.6. The molecule has 48 valence electrons. The van der Waals surface area contributed by atoms with Crippen molar-refractivity contribution < 1.29 is 14.5 Å². The third kappa shape index (κ3) is 5.46. The first kappa shape index (κ1) is 7.46. The summed E-state index contributed by atoms with van der Waals surface area (Å²) < 4.78 is 4.65. The summed E-state index contributed by atoms with van der Waals surface area (Å²) in [7, 11) is 1.59. The molecule has 0 saturated heterocycles. The van der Waals surface area contributed by atoms with E-state index in [1.54, 1.807) is 7.11 Å². The molecule has 0 heterocycles. The van der Waals surface area contributed by atoms with Crippen LogP contribution in [0, 0.1) is 0 Å². The summed E-state index contributed by atoms with van der Waals surface area (Å²) in [5, 5.41) is 0. The first-order valence-electron chi connectivity index (χ1n) is 2.30. The zero-order valence-electron chi connectivity index (χ0n) is 4.92. The highest BCUT2D eigenvalue weighted by atomic mass is 17.2. The molecule has 0 unspecified atom stereocenters. The molecular weight excluding hydrogens is 108 g/mol. The van der Waals surface area contributed by atoms with Crippen molar-refractivity contribution >= 4 is 0 Å². The van der Waals surface area contributed by atoms with Gasteiger partial charge in [0.25, 0.3) is 0 Å². The van der Waals surface area contributed by atoms with Crippen LogP contribution in [0.1, 0.15) is 0 Å². The van der Waals surface area contributed by atoms with Gasteiger partial charge in [0.1, 0.15) is 12.9 Å². The predicted molar refractivity (Wildman–Crippen MR) is 29.1 cm³/mol. The lowest BCUT2D eigenvalue weighted by Gasteiger charge is -1.96. The van der Waals surface area contributed by atoms with Gasteiger partial charge in [-0.3, -0.25) is 0 Å². The molecule has 0 aromatic heterocycles. The first-order valence-corrected chi connectivity index (χ1v) is 2.30. The Morgan fingerprint density at radius 2 is 2.25 bits per heavy atom. The molecular formula is C5H10O3. The molecule has 0 spiro atoms. The van der Waals surface area contributed by atoms with Gasteiger partial charge in [0.05, 0.1) is 6.61 Å². The SMILES string of the molecule is C=COOCCOC. The quantitative estimate of drug-likeness (QED) is 0.230. The molecule has 0 N–H and O–H groups in total. The van der Waals surface area contributed by atoms with Crippen LogP contribution in [0.3, 0.4) is 0 Å². The van der Waals surface area contributed by atoms with Gasteiger partial charge < -0.3 is 9.62 Å². The van der Waals surface area contributed by atoms with Crippen LogP contribution in [0.4, 0.5) is 0 Å². The van der Waals surface area contributed by atoms with Crippen LogP contribution in [0.25, 0.3) is 0 Å². The van der Waals surface area contributed by atoms with Crippen LogP contribution in [0.2, 0.25) is 0 Å². The van der Waals surface area contributed by atoms with E-state index < -0.39 is 0 Å². The Morgan fingerprint density at radius 3 is 2.75 bits per heavy atom. The highest BCUT2D eigenvalue weighted by Gasteiger charge is 1.80. The number of hydrogen-bond donors (Lipinski definition) is 0. The molecule has 8 heavy (non-hydrogen) atoms. The fraction of sp³-hybridized carbons (Fsp3) is 0.600. The summed E-state index contributed by atoms with van der Waals surface area (Å²) in [5.41, 5.74) is 0. The number of hydrogen-bond acceptors (Lipinski definition) is 3. The van der Waals surface area contributed by atoms with E-state index in [2.05, 4.69) is 21.1 Å². The van der Waals surface area contributed by atoms with Gasteiger partial charge in [0, 0.05) is 7.11 Å². The molecule has 0 atom stereocenters. The summed E-state index contributed by atoms with van der Waals surface area (Å²) in [4.78, 5) is 8.80. The van der Waals surface area contributed by atoms with E-state index in [1.165, 1.54) is 6.26 Å². The fourth-order valence-corrected chi connectivity index (χ4v) is 0.214. The summed E-state index contributed by atoms with van der Waals surface area (Å²) in [6, 6.07) is 0. The largest absolute Gasteiger partial charge is 0.382 e. The van der Waals surface area contributed by atoms with Crippen molar-refractivity contribution in [1.82, 2.24) is 0 Å². The summed E-state index contributed by atoms with van der Waals surface area (Å²) in [5.74, 6) is 0. The molecule has 0 aliphatic carbocycles. The molecule has 0 aromatic rings. The average Bonchev–Trinajstić information content (AvgIpc) is 1.81. The normalized spacial score (nSPS) is 8.62. The van der Waals surface area contributed by atoms with Crippen molar-refractivity contribution in [2.24, 2.45) is 0 Å². The predicted octanol–water partition coefficient (Wildman–Crippen LogP) is 0.724. The zero-order chi connectivity index (χ0) is 6.24. The van der Waals surface area contributed by atoms with Gasteiger partial charge in [-0.25, -0.2) is 0 Å². The molecule has 0 saturated carbocycles. The minimum absolute atomic E-state index is 0.433. The van der Waals surface area contributed by atoms with Crippen LogP contribution in [0.5, 0.6) is 0 Å². The Labute approximate surface area is 48.8 Å². The molecule has 3 heteroatoms. The minimum Gasteiger partial charge on any atom is -0.382 e. The van der Waals surface area contributed by atoms with Crippen LogP contribution in [0.15, 0.2) is 12.8 Å². The molecule has 0 fully saturated rings. The molecule has 0 rings (SSSR count). The molecule has 0 radical (unpaired) electrons. The van der Waals surface area contributed by atoms with Crippen LogP contribution in [-0.2, 0) is 14.5 Å². The molecule has 0 bridgehead atoms. The Balaban J connectivity index is 2.62. The van der Waals surface area contributed by atoms with Crippen LogP contribution >= 0.6 is 0 Å². The van der Waals surface area contributed by atoms with Crippen molar-refractivity contribution in [3.05, 3.63) is 12.8 Å². The summed E-state index contributed by atoms with van der Waals surface area (Å²) >= 11 is 0. The van der Waals surface area contributed by atoms with Crippen molar-refractivity contribution in [1.29, 1.82) is 0 Å². The van der Waals surface area contributed by atoms with E-state index >= 15 is 0 Å².